The molecule has 1 aromatic carbocycles. The van der Waals surface area contributed by atoms with Crippen molar-refractivity contribution in [3.8, 4) is 0 Å². The molecule has 12 heavy (non-hydrogen) atoms. The van der Waals surface area contributed by atoms with Crippen molar-refractivity contribution in [3.05, 3.63) is 34.3 Å². The number of rotatable bonds is 3. The molecule has 0 N–H and O–H groups in total. The van der Waals surface area contributed by atoms with Gasteiger partial charge >= 0.3 is 0 Å². The molecule has 0 aliphatic heterocycles. The molecular weight excluding hydrogens is 239 g/mol. The van der Waals surface area contributed by atoms with E-state index in [2.05, 4.69) is 15.9 Å². The van der Waals surface area contributed by atoms with Gasteiger partial charge in [0.2, 0.25) is 0 Å². The molecule has 1 nitrogen and oxygen atoms in total. The average Bonchev–Trinajstić information content (AvgIpc) is 2.09. The Labute approximate surface area is 84.9 Å². The molecule has 0 aliphatic carbocycles. The standard InChI is InChI=1S/C9H8BrClO/c10-5-4-8-7(6-12)2-1-3-9(8)11/h1-3,6H,4-5H2. The van der Waals surface area contributed by atoms with Crippen molar-refractivity contribution in [1.82, 2.24) is 0 Å². The summed E-state index contributed by atoms with van der Waals surface area (Å²) in [7, 11) is 0. The number of hydrogen-bond acceptors (Lipinski definition) is 1. The van der Waals surface area contributed by atoms with Gasteiger partial charge in [-0.2, -0.15) is 0 Å². The molecule has 0 unspecified atom stereocenters. The highest BCUT2D eigenvalue weighted by molar-refractivity contribution is 9.09. The highest BCUT2D eigenvalue weighted by atomic mass is 79.9. The summed E-state index contributed by atoms with van der Waals surface area (Å²) in [6, 6.07) is 5.35. The van der Waals surface area contributed by atoms with Gasteiger partial charge in [-0.05, 0) is 18.1 Å². The molecule has 0 heterocycles. The lowest BCUT2D eigenvalue weighted by Crippen LogP contribution is -1.94. The Kier molecular flexibility index (Phi) is 3.76. The largest absolute Gasteiger partial charge is 0.298 e. The zero-order valence-electron chi connectivity index (χ0n) is 6.39. The Morgan fingerprint density at radius 3 is 2.83 bits per heavy atom. The fourth-order valence-electron chi connectivity index (χ4n) is 1.04. The summed E-state index contributed by atoms with van der Waals surface area (Å²) < 4.78 is 0. The average molecular weight is 248 g/mol. The SMILES string of the molecule is O=Cc1cccc(Cl)c1CCBr. The van der Waals surface area contributed by atoms with Gasteiger partial charge in [-0.15, -0.1) is 0 Å². The Morgan fingerprint density at radius 2 is 2.25 bits per heavy atom. The van der Waals surface area contributed by atoms with Gasteiger partial charge in [0.25, 0.3) is 0 Å². The van der Waals surface area contributed by atoms with Crippen molar-refractivity contribution in [3.63, 3.8) is 0 Å². The second-order valence-electron chi connectivity index (χ2n) is 2.36. The molecule has 3 heteroatoms. The van der Waals surface area contributed by atoms with Crippen LogP contribution < -0.4 is 0 Å². The topological polar surface area (TPSA) is 17.1 Å². The Balaban J connectivity index is 3.10. The third-order valence-electron chi connectivity index (χ3n) is 1.63. The quantitative estimate of drug-likeness (QED) is 0.592. The van der Waals surface area contributed by atoms with E-state index in [0.717, 1.165) is 23.6 Å². The van der Waals surface area contributed by atoms with Gasteiger partial charge in [0.1, 0.15) is 6.29 Å². The van der Waals surface area contributed by atoms with Crippen LogP contribution in [-0.4, -0.2) is 11.6 Å². The van der Waals surface area contributed by atoms with E-state index in [1.54, 1.807) is 18.2 Å². The van der Waals surface area contributed by atoms with Crippen molar-refractivity contribution in [2.24, 2.45) is 0 Å². The van der Waals surface area contributed by atoms with Crippen LogP contribution in [0.1, 0.15) is 15.9 Å². The fraction of sp³-hybridized carbons (Fsp3) is 0.222. The normalized spacial score (nSPS) is 9.83. The first-order valence-electron chi connectivity index (χ1n) is 3.58. The lowest BCUT2D eigenvalue weighted by atomic mass is 10.1. The van der Waals surface area contributed by atoms with Gasteiger partial charge in [0.15, 0.2) is 0 Å². The monoisotopic (exact) mass is 246 g/mol. The number of halogens is 2. The maximum atomic E-state index is 10.6. The maximum absolute atomic E-state index is 10.6. The molecule has 0 bridgehead atoms. The van der Waals surface area contributed by atoms with E-state index in [1.165, 1.54) is 0 Å². The Bertz CT molecular complexity index is 286. The van der Waals surface area contributed by atoms with E-state index in [4.69, 9.17) is 11.6 Å². The van der Waals surface area contributed by atoms with Crippen LogP contribution >= 0.6 is 27.5 Å². The van der Waals surface area contributed by atoms with Gasteiger partial charge in [0, 0.05) is 15.9 Å². The molecule has 0 fully saturated rings. The Hall–Kier alpha value is -0.340. The van der Waals surface area contributed by atoms with E-state index in [9.17, 15) is 4.79 Å². The van der Waals surface area contributed by atoms with Gasteiger partial charge in [-0.3, -0.25) is 4.79 Å². The van der Waals surface area contributed by atoms with E-state index in [1.807, 2.05) is 0 Å². The minimum absolute atomic E-state index is 0.666. The number of aldehydes is 1. The second-order valence-corrected chi connectivity index (χ2v) is 3.56. The summed E-state index contributed by atoms with van der Waals surface area (Å²) >= 11 is 9.22. The van der Waals surface area contributed by atoms with Crippen LogP contribution in [0.15, 0.2) is 18.2 Å². The highest BCUT2D eigenvalue weighted by Gasteiger charge is 2.04. The molecule has 1 aromatic rings. The number of alkyl halides is 1. The van der Waals surface area contributed by atoms with E-state index >= 15 is 0 Å². The molecule has 0 radical (unpaired) electrons. The molecular formula is C9H8BrClO. The van der Waals surface area contributed by atoms with Gasteiger partial charge in [-0.1, -0.05) is 39.7 Å². The third-order valence-corrected chi connectivity index (χ3v) is 2.38. The summed E-state index contributed by atoms with van der Waals surface area (Å²) in [4.78, 5) is 10.6. The first-order valence-corrected chi connectivity index (χ1v) is 5.08. The first kappa shape index (κ1) is 9.75. The zero-order valence-corrected chi connectivity index (χ0v) is 8.73. The first-order chi connectivity index (χ1) is 5.79. The number of carbonyl (C=O) groups excluding carboxylic acids is 1. The lowest BCUT2D eigenvalue weighted by Gasteiger charge is -2.03. The van der Waals surface area contributed by atoms with Crippen LogP contribution in [0.25, 0.3) is 0 Å². The molecule has 0 amide bonds. The van der Waals surface area contributed by atoms with Gasteiger partial charge in [-0.25, -0.2) is 0 Å². The predicted molar refractivity (Wildman–Crippen MR) is 54.3 cm³/mol. The van der Waals surface area contributed by atoms with Crippen molar-refractivity contribution in [1.29, 1.82) is 0 Å². The van der Waals surface area contributed by atoms with Gasteiger partial charge < -0.3 is 0 Å². The van der Waals surface area contributed by atoms with Crippen LogP contribution in [0.3, 0.4) is 0 Å². The van der Waals surface area contributed by atoms with E-state index in [0.29, 0.717) is 10.6 Å². The molecule has 0 atom stereocenters. The predicted octanol–water partition coefficient (Wildman–Crippen LogP) is 3.09. The molecule has 0 saturated heterocycles. The second kappa shape index (κ2) is 4.63. The van der Waals surface area contributed by atoms with Crippen molar-refractivity contribution in [2.75, 3.05) is 5.33 Å². The molecule has 0 saturated carbocycles. The Morgan fingerprint density at radius 1 is 1.50 bits per heavy atom. The smallest absolute Gasteiger partial charge is 0.150 e. The summed E-state index contributed by atoms with van der Waals surface area (Å²) in [6.07, 6.45) is 1.62. The maximum Gasteiger partial charge on any atom is 0.150 e. The van der Waals surface area contributed by atoms with Crippen LogP contribution in [0.4, 0.5) is 0 Å². The van der Waals surface area contributed by atoms with Crippen LogP contribution in [0.5, 0.6) is 0 Å². The summed E-state index contributed by atoms with van der Waals surface area (Å²) in [5.41, 5.74) is 1.60. The number of benzene rings is 1. The molecule has 0 aliphatic rings. The van der Waals surface area contributed by atoms with Gasteiger partial charge in [0.05, 0.1) is 0 Å². The number of carbonyl (C=O) groups is 1. The summed E-state index contributed by atoms with van der Waals surface area (Å²) in [6.45, 7) is 0. The lowest BCUT2D eigenvalue weighted by molar-refractivity contribution is 0.112. The van der Waals surface area contributed by atoms with E-state index < -0.39 is 0 Å². The highest BCUT2D eigenvalue weighted by Crippen LogP contribution is 2.19. The minimum Gasteiger partial charge on any atom is -0.298 e. The summed E-state index contributed by atoms with van der Waals surface area (Å²) in [5.74, 6) is 0. The van der Waals surface area contributed by atoms with Crippen molar-refractivity contribution in [2.45, 2.75) is 6.42 Å². The molecule has 1 rings (SSSR count). The van der Waals surface area contributed by atoms with Crippen molar-refractivity contribution >= 4 is 33.8 Å². The van der Waals surface area contributed by atoms with Crippen LogP contribution in [0.2, 0.25) is 5.02 Å². The minimum atomic E-state index is 0.666. The zero-order chi connectivity index (χ0) is 8.97. The molecule has 64 valence electrons. The third kappa shape index (κ3) is 2.08. The number of hydrogen-bond donors (Lipinski definition) is 0. The van der Waals surface area contributed by atoms with Crippen LogP contribution in [0, 0.1) is 0 Å². The molecule has 0 aromatic heterocycles. The fourth-order valence-corrected chi connectivity index (χ4v) is 1.72. The van der Waals surface area contributed by atoms with Crippen molar-refractivity contribution < 1.29 is 4.79 Å². The molecule has 0 spiro atoms. The van der Waals surface area contributed by atoms with E-state index in [-0.39, 0.29) is 0 Å². The summed E-state index contributed by atoms with van der Waals surface area (Å²) in [5, 5.41) is 1.48. The van der Waals surface area contributed by atoms with Crippen LogP contribution in [-0.2, 0) is 6.42 Å².